The molecule has 0 radical (unpaired) electrons. The minimum Gasteiger partial charge on any atom is -0.366 e. The highest BCUT2D eigenvalue weighted by atomic mass is 35.5. The molecule has 0 aromatic carbocycles. The molecule has 2 atom stereocenters. The fourth-order valence-electron chi connectivity index (χ4n) is 4.35. The molecule has 2 amide bonds. The van der Waals surface area contributed by atoms with Gasteiger partial charge in [0.05, 0.1) is 11.8 Å². The average Bonchev–Trinajstić information content (AvgIpc) is 3.35. The second kappa shape index (κ2) is 8.49. The van der Waals surface area contributed by atoms with Crippen molar-refractivity contribution in [3.63, 3.8) is 0 Å². The van der Waals surface area contributed by atoms with E-state index >= 15 is 0 Å². The van der Waals surface area contributed by atoms with Gasteiger partial charge >= 0.3 is 6.03 Å². The van der Waals surface area contributed by atoms with Crippen LogP contribution in [0.5, 0.6) is 0 Å². The Morgan fingerprint density at radius 1 is 1.36 bits per heavy atom. The summed E-state index contributed by atoms with van der Waals surface area (Å²) in [7, 11) is 2.15. The van der Waals surface area contributed by atoms with Crippen molar-refractivity contribution in [2.24, 2.45) is 17.6 Å². The summed E-state index contributed by atoms with van der Waals surface area (Å²) in [6.45, 7) is 6.34. The number of nitrogens with zero attached hydrogens (tertiary/aromatic N) is 4. The highest BCUT2D eigenvalue weighted by Gasteiger charge is 2.43. The molecule has 1 aromatic rings. The van der Waals surface area contributed by atoms with Crippen molar-refractivity contribution in [2.75, 3.05) is 26.7 Å². The number of hydrogen-bond acceptors (Lipinski definition) is 4. The summed E-state index contributed by atoms with van der Waals surface area (Å²) >= 11 is 6.30. The molecule has 2 N–H and O–H groups in total. The first-order valence-electron chi connectivity index (χ1n) is 9.62. The lowest BCUT2D eigenvalue weighted by molar-refractivity contribution is 0.100. The van der Waals surface area contributed by atoms with Crippen molar-refractivity contribution >= 4 is 23.5 Å². The molecule has 2 fully saturated rings. The molecular formula is C20H28ClN5O2. The maximum atomic E-state index is 12.6. The Balaban J connectivity index is 1.56. The number of carbonyl (C=O) groups excluding carboxylic acids is 2. The standard InChI is InChI=1S/C20H28ClN5O2/c1-4-5-18(21)13(2)9-24(3)17-6-14-10-25(11-15(14)7-17)20(28)26-12-16(8-23-26)19(22)27/h4-5,8,12,14-15,17H,6-7,9-11H2,1-3H3,(H2,22,27)/b5-4-,18-13-. The summed E-state index contributed by atoms with van der Waals surface area (Å²) in [5, 5.41) is 4.78. The number of halogens is 1. The number of nitrogens with two attached hydrogens (primary N) is 1. The van der Waals surface area contributed by atoms with Crippen LogP contribution >= 0.6 is 11.6 Å². The molecule has 0 bridgehead atoms. The van der Waals surface area contributed by atoms with Crippen molar-refractivity contribution < 1.29 is 9.59 Å². The van der Waals surface area contributed by atoms with E-state index in [1.54, 1.807) is 0 Å². The molecule has 1 saturated carbocycles. The zero-order valence-electron chi connectivity index (χ0n) is 16.6. The van der Waals surface area contributed by atoms with Crippen LogP contribution in [0.15, 0.2) is 35.2 Å². The minimum atomic E-state index is -0.581. The van der Waals surface area contributed by atoms with Crippen molar-refractivity contribution in [1.29, 1.82) is 0 Å². The topological polar surface area (TPSA) is 84.5 Å². The zero-order chi connectivity index (χ0) is 20.4. The molecule has 7 nitrogen and oxygen atoms in total. The van der Waals surface area contributed by atoms with Crippen molar-refractivity contribution in [1.82, 2.24) is 19.6 Å². The van der Waals surface area contributed by atoms with Crippen LogP contribution in [0.3, 0.4) is 0 Å². The lowest BCUT2D eigenvalue weighted by Gasteiger charge is -2.27. The van der Waals surface area contributed by atoms with Gasteiger partial charge in [-0.1, -0.05) is 17.7 Å². The van der Waals surface area contributed by atoms with Gasteiger partial charge in [-0.15, -0.1) is 0 Å². The van der Waals surface area contributed by atoms with E-state index in [0.29, 0.717) is 17.9 Å². The predicted octanol–water partition coefficient (Wildman–Crippen LogP) is 2.68. The van der Waals surface area contributed by atoms with Gasteiger partial charge in [0.15, 0.2) is 0 Å². The van der Waals surface area contributed by atoms with Gasteiger partial charge in [-0.25, -0.2) is 4.79 Å². The van der Waals surface area contributed by atoms with E-state index in [2.05, 4.69) is 24.0 Å². The number of amides is 2. The van der Waals surface area contributed by atoms with Gasteiger partial charge in [-0.05, 0) is 57.2 Å². The van der Waals surface area contributed by atoms with Crippen LogP contribution in [0.1, 0.15) is 37.0 Å². The van der Waals surface area contributed by atoms with Gasteiger partial charge in [0.2, 0.25) is 0 Å². The Hall–Kier alpha value is -2.12. The summed E-state index contributed by atoms with van der Waals surface area (Å²) < 4.78 is 1.21. The molecular weight excluding hydrogens is 378 g/mol. The Morgan fingerprint density at radius 3 is 2.54 bits per heavy atom. The van der Waals surface area contributed by atoms with Gasteiger partial charge in [-0.2, -0.15) is 9.78 Å². The van der Waals surface area contributed by atoms with Crippen LogP contribution < -0.4 is 5.73 Å². The number of hydrogen-bond donors (Lipinski definition) is 1. The van der Waals surface area contributed by atoms with E-state index < -0.39 is 5.91 Å². The van der Waals surface area contributed by atoms with Crippen LogP contribution in [-0.4, -0.2) is 64.2 Å². The van der Waals surface area contributed by atoms with Crippen molar-refractivity contribution in [2.45, 2.75) is 32.7 Å². The van der Waals surface area contributed by atoms with Crippen LogP contribution in [0, 0.1) is 11.8 Å². The molecule has 0 spiro atoms. The largest absolute Gasteiger partial charge is 0.366 e. The zero-order valence-corrected chi connectivity index (χ0v) is 17.4. The fourth-order valence-corrected chi connectivity index (χ4v) is 4.54. The number of likely N-dealkylation sites (N-methyl/N-ethyl adjacent to an activating group) is 1. The number of carbonyl (C=O) groups is 2. The smallest absolute Gasteiger partial charge is 0.344 e. The third-order valence-corrected chi connectivity index (χ3v) is 6.34. The number of allylic oxidation sites excluding steroid dienone is 3. The Labute approximate surface area is 170 Å². The number of likely N-dealkylation sites (tertiary alicyclic amines) is 1. The molecule has 3 rings (SSSR count). The molecule has 2 heterocycles. The molecule has 2 unspecified atom stereocenters. The summed E-state index contributed by atoms with van der Waals surface area (Å²) in [5.74, 6) is 0.415. The molecule has 8 heteroatoms. The van der Waals surface area contributed by atoms with Gasteiger partial charge in [0.25, 0.3) is 5.91 Å². The molecule has 1 aliphatic carbocycles. The first kappa shape index (κ1) is 20.6. The molecule has 28 heavy (non-hydrogen) atoms. The van der Waals surface area contributed by atoms with E-state index in [1.807, 2.05) is 24.0 Å². The summed E-state index contributed by atoms with van der Waals surface area (Å²) in [6, 6.07) is 0.312. The Morgan fingerprint density at radius 2 is 2.00 bits per heavy atom. The third-order valence-electron chi connectivity index (χ3n) is 5.89. The second-order valence-electron chi connectivity index (χ2n) is 7.91. The molecule has 1 aromatic heterocycles. The number of primary amides is 1. The van der Waals surface area contributed by atoms with Gasteiger partial charge in [0.1, 0.15) is 0 Å². The van der Waals surface area contributed by atoms with Gasteiger partial charge in [0, 0.05) is 36.9 Å². The third kappa shape index (κ3) is 4.31. The first-order chi connectivity index (χ1) is 13.3. The fraction of sp³-hybridized carbons (Fsp3) is 0.550. The summed E-state index contributed by atoms with van der Waals surface area (Å²) in [5.41, 5.74) is 6.64. The molecule has 1 saturated heterocycles. The van der Waals surface area contributed by atoms with E-state index in [-0.39, 0.29) is 11.6 Å². The average molecular weight is 406 g/mol. The van der Waals surface area contributed by atoms with E-state index in [9.17, 15) is 9.59 Å². The quantitative estimate of drug-likeness (QED) is 0.763. The van der Waals surface area contributed by atoms with Crippen molar-refractivity contribution in [3.8, 4) is 0 Å². The highest BCUT2D eigenvalue weighted by Crippen LogP contribution is 2.40. The van der Waals surface area contributed by atoms with E-state index in [4.69, 9.17) is 17.3 Å². The SMILES string of the molecule is C/C=C\C(Cl)=C(/C)CN(C)C1CC2CN(C(=O)n3cc(C(N)=O)cn3)CC2C1. The Kier molecular flexibility index (Phi) is 6.25. The minimum absolute atomic E-state index is 0.191. The number of fused-ring (bicyclic) bond motifs is 1. The lowest BCUT2D eigenvalue weighted by Crippen LogP contribution is -2.36. The Bertz CT molecular complexity index is 801. The predicted molar refractivity (Wildman–Crippen MR) is 109 cm³/mol. The monoisotopic (exact) mass is 405 g/mol. The van der Waals surface area contributed by atoms with Gasteiger partial charge < -0.3 is 10.6 Å². The van der Waals surface area contributed by atoms with Crippen molar-refractivity contribution in [3.05, 3.63) is 40.7 Å². The maximum Gasteiger partial charge on any atom is 0.344 e. The van der Waals surface area contributed by atoms with Crippen LogP contribution in [0.2, 0.25) is 0 Å². The number of aromatic nitrogens is 2. The highest BCUT2D eigenvalue weighted by molar-refractivity contribution is 6.31. The normalized spacial score (nSPS) is 25.5. The summed E-state index contributed by atoms with van der Waals surface area (Å²) in [6.07, 6.45) is 8.76. The summed E-state index contributed by atoms with van der Waals surface area (Å²) in [4.78, 5) is 28.0. The second-order valence-corrected chi connectivity index (χ2v) is 8.32. The van der Waals surface area contributed by atoms with Gasteiger partial charge in [-0.3, -0.25) is 9.69 Å². The lowest BCUT2D eigenvalue weighted by atomic mass is 10.0. The molecule has 1 aliphatic heterocycles. The molecule has 2 aliphatic rings. The number of rotatable bonds is 5. The van der Waals surface area contributed by atoms with Crippen LogP contribution in [-0.2, 0) is 0 Å². The first-order valence-corrected chi connectivity index (χ1v) is 9.99. The maximum absolute atomic E-state index is 12.6. The molecule has 152 valence electrons. The van der Waals surface area contributed by atoms with E-state index in [1.165, 1.54) is 22.6 Å². The van der Waals surface area contributed by atoms with E-state index in [0.717, 1.165) is 37.5 Å². The van der Waals surface area contributed by atoms with Crippen LogP contribution in [0.25, 0.3) is 0 Å². The van der Waals surface area contributed by atoms with Crippen LogP contribution in [0.4, 0.5) is 4.79 Å².